The first-order chi connectivity index (χ1) is 9.41. The van der Waals surface area contributed by atoms with Gasteiger partial charge in [0.25, 0.3) is 0 Å². The molecule has 1 saturated heterocycles. The zero-order valence-electron chi connectivity index (χ0n) is 11.3. The molecule has 1 aliphatic heterocycles. The highest BCUT2D eigenvalue weighted by Gasteiger charge is 2.33. The van der Waals surface area contributed by atoms with Gasteiger partial charge in [0, 0.05) is 30.2 Å². The normalized spacial score (nSPS) is 20.5. The van der Waals surface area contributed by atoms with Crippen molar-refractivity contribution >= 4 is 33.2 Å². The molecule has 0 bridgehead atoms. The van der Waals surface area contributed by atoms with Crippen LogP contribution in [0.1, 0.15) is 25.3 Å². The van der Waals surface area contributed by atoms with E-state index in [0.29, 0.717) is 29.6 Å². The van der Waals surface area contributed by atoms with E-state index in [4.69, 9.17) is 28.9 Å². The van der Waals surface area contributed by atoms with Crippen LogP contribution in [0.25, 0.3) is 0 Å². The van der Waals surface area contributed by atoms with Crippen LogP contribution in [0.5, 0.6) is 0 Å². The van der Waals surface area contributed by atoms with Gasteiger partial charge in [0.05, 0.1) is 5.02 Å². The Morgan fingerprint density at radius 3 is 2.65 bits per heavy atom. The Morgan fingerprint density at radius 1 is 1.40 bits per heavy atom. The van der Waals surface area contributed by atoms with Crippen molar-refractivity contribution in [3.63, 3.8) is 0 Å². The maximum atomic E-state index is 12.7. The first-order valence-electron chi connectivity index (χ1n) is 6.58. The van der Waals surface area contributed by atoms with Gasteiger partial charge in [-0.15, -0.1) is 0 Å². The van der Waals surface area contributed by atoms with Crippen LogP contribution in [-0.2, 0) is 16.6 Å². The molecule has 2 N–H and O–H groups in total. The van der Waals surface area contributed by atoms with Crippen LogP contribution in [0.3, 0.4) is 0 Å². The number of hydrogen-bond donors (Lipinski definition) is 1. The van der Waals surface area contributed by atoms with Crippen LogP contribution in [-0.4, -0.2) is 25.8 Å². The standard InChI is InChI=1S/C13H18Cl2N2O2S/c1-2-9-5-6-17(8-9)20(18,19)12-4-3-11(14)10(7-16)13(12)15/h3-4,9H,2,5-8,16H2,1H3. The molecule has 0 aromatic heterocycles. The van der Waals surface area contributed by atoms with E-state index in [1.807, 2.05) is 0 Å². The van der Waals surface area contributed by atoms with Gasteiger partial charge in [-0.25, -0.2) is 8.42 Å². The van der Waals surface area contributed by atoms with E-state index in [2.05, 4.69) is 6.92 Å². The zero-order valence-corrected chi connectivity index (χ0v) is 13.6. The lowest BCUT2D eigenvalue weighted by molar-refractivity contribution is 0.453. The number of benzene rings is 1. The van der Waals surface area contributed by atoms with Gasteiger partial charge in [-0.05, 0) is 24.5 Å². The lowest BCUT2D eigenvalue weighted by atomic mass is 10.1. The molecule has 1 heterocycles. The van der Waals surface area contributed by atoms with Crippen LogP contribution < -0.4 is 5.73 Å². The quantitative estimate of drug-likeness (QED) is 0.919. The number of nitrogens with two attached hydrogens (primary N) is 1. The zero-order chi connectivity index (χ0) is 14.9. The topological polar surface area (TPSA) is 63.4 Å². The second-order valence-corrected chi connectivity index (χ2v) is 7.66. The largest absolute Gasteiger partial charge is 0.326 e. The van der Waals surface area contributed by atoms with Gasteiger partial charge in [0.15, 0.2) is 0 Å². The van der Waals surface area contributed by atoms with Gasteiger partial charge < -0.3 is 5.73 Å². The minimum Gasteiger partial charge on any atom is -0.326 e. The summed E-state index contributed by atoms with van der Waals surface area (Å²) in [6, 6.07) is 2.99. The number of nitrogens with zero attached hydrogens (tertiary/aromatic N) is 1. The molecule has 1 aliphatic rings. The fourth-order valence-corrected chi connectivity index (χ4v) is 4.89. The SMILES string of the molecule is CCC1CCN(S(=O)(=O)c2ccc(Cl)c(CN)c2Cl)C1. The van der Waals surface area contributed by atoms with Crippen LogP contribution in [0, 0.1) is 5.92 Å². The van der Waals surface area contributed by atoms with E-state index in [0.717, 1.165) is 12.8 Å². The Kier molecular flexibility index (Phi) is 4.97. The molecular formula is C13H18Cl2N2O2S. The van der Waals surface area contributed by atoms with Crippen molar-refractivity contribution < 1.29 is 8.42 Å². The smallest absolute Gasteiger partial charge is 0.244 e. The van der Waals surface area contributed by atoms with E-state index < -0.39 is 10.0 Å². The number of sulfonamides is 1. The maximum Gasteiger partial charge on any atom is 0.244 e. The average molecular weight is 337 g/mol. The number of hydrogen-bond acceptors (Lipinski definition) is 3. The molecule has 20 heavy (non-hydrogen) atoms. The van der Waals surface area contributed by atoms with Gasteiger partial charge in [-0.1, -0.05) is 36.5 Å². The fraction of sp³-hybridized carbons (Fsp3) is 0.538. The van der Waals surface area contributed by atoms with Gasteiger partial charge >= 0.3 is 0 Å². The van der Waals surface area contributed by atoms with Crippen LogP contribution >= 0.6 is 23.2 Å². The molecule has 0 amide bonds. The molecule has 1 unspecified atom stereocenters. The molecule has 1 fully saturated rings. The van der Waals surface area contributed by atoms with Crippen molar-refractivity contribution in [2.75, 3.05) is 13.1 Å². The van der Waals surface area contributed by atoms with E-state index in [-0.39, 0.29) is 16.5 Å². The molecular weight excluding hydrogens is 319 g/mol. The summed E-state index contributed by atoms with van der Waals surface area (Å²) in [5, 5.41) is 0.532. The Labute approximate surface area is 129 Å². The monoisotopic (exact) mass is 336 g/mol. The van der Waals surface area contributed by atoms with Crippen molar-refractivity contribution in [3.8, 4) is 0 Å². The van der Waals surface area contributed by atoms with Crippen molar-refractivity contribution in [2.24, 2.45) is 11.7 Å². The molecule has 1 atom stereocenters. The van der Waals surface area contributed by atoms with E-state index in [1.54, 1.807) is 0 Å². The molecule has 4 nitrogen and oxygen atoms in total. The number of rotatable bonds is 4. The van der Waals surface area contributed by atoms with Gasteiger partial charge in [0.1, 0.15) is 4.90 Å². The second-order valence-electron chi connectivity index (χ2n) is 4.97. The van der Waals surface area contributed by atoms with Crippen LogP contribution in [0.2, 0.25) is 10.0 Å². The highest BCUT2D eigenvalue weighted by Crippen LogP contribution is 2.34. The molecule has 1 aromatic carbocycles. The summed E-state index contributed by atoms with van der Waals surface area (Å²) in [4.78, 5) is 0.0979. The van der Waals surface area contributed by atoms with Crippen molar-refractivity contribution in [1.82, 2.24) is 4.31 Å². The predicted molar refractivity (Wildman–Crippen MR) is 81.5 cm³/mol. The lowest BCUT2D eigenvalue weighted by Gasteiger charge is -2.18. The Hall–Kier alpha value is -0.330. The highest BCUT2D eigenvalue weighted by molar-refractivity contribution is 7.89. The van der Waals surface area contributed by atoms with Gasteiger partial charge in [-0.2, -0.15) is 4.31 Å². The lowest BCUT2D eigenvalue weighted by Crippen LogP contribution is -2.29. The third kappa shape index (κ3) is 2.83. The summed E-state index contributed by atoms with van der Waals surface area (Å²) in [5.41, 5.74) is 6.06. The molecule has 112 valence electrons. The highest BCUT2D eigenvalue weighted by atomic mass is 35.5. The summed E-state index contributed by atoms with van der Waals surface area (Å²) >= 11 is 12.2. The van der Waals surface area contributed by atoms with Crippen molar-refractivity contribution in [1.29, 1.82) is 0 Å². The van der Waals surface area contributed by atoms with Gasteiger partial charge in [0.2, 0.25) is 10.0 Å². The molecule has 1 aromatic rings. The van der Waals surface area contributed by atoms with Gasteiger partial charge in [-0.3, -0.25) is 0 Å². The first-order valence-corrected chi connectivity index (χ1v) is 8.78. The first kappa shape index (κ1) is 16.0. The molecule has 0 aliphatic carbocycles. The summed E-state index contributed by atoms with van der Waals surface area (Å²) < 4.78 is 26.8. The summed E-state index contributed by atoms with van der Waals surface area (Å²) in [5.74, 6) is 0.421. The Bertz CT molecular complexity index is 605. The molecule has 7 heteroatoms. The van der Waals surface area contributed by atoms with Crippen molar-refractivity contribution in [2.45, 2.75) is 31.2 Å². The third-order valence-corrected chi connectivity index (χ3v) is 6.60. The van der Waals surface area contributed by atoms with Crippen molar-refractivity contribution in [3.05, 3.63) is 27.7 Å². The minimum absolute atomic E-state index is 0.0979. The van der Waals surface area contributed by atoms with E-state index >= 15 is 0 Å². The average Bonchev–Trinajstić information content (AvgIpc) is 2.88. The second kappa shape index (κ2) is 6.20. The summed E-state index contributed by atoms with van der Waals surface area (Å²) in [6.07, 6.45) is 1.87. The maximum absolute atomic E-state index is 12.7. The molecule has 0 spiro atoms. The third-order valence-electron chi connectivity index (χ3n) is 3.80. The fourth-order valence-electron chi connectivity index (χ4n) is 2.45. The van der Waals surface area contributed by atoms with E-state index in [1.165, 1.54) is 16.4 Å². The summed E-state index contributed by atoms with van der Waals surface area (Å²) in [7, 11) is -3.57. The molecule has 0 saturated carbocycles. The molecule has 2 rings (SSSR count). The summed E-state index contributed by atoms with van der Waals surface area (Å²) in [6.45, 7) is 3.27. The Morgan fingerprint density at radius 2 is 2.10 bits per heavy atom. The van der Waals surface area contributed by atoms with Crippen LogP contribution in [0.4, 0.5) is 0 Å². The molecule has 0 radical (unpaired) electrons. The Balaban J connectivity index is 2.41. The predicted octanol–water partition coefficient (Wildman–Crippen LogP) is 2.87. The minimum atomic E-state index is -3.57. The number of halogens is 2. The van der Waals surface area contributed by atoms with Crippen LogP contribution in [0.15, 0.2) is 17.0 Å². The van der Waals surface area contributed by atoms with E-state index in [9.17, 15) is 8.42 Å².